The maximum atomic E-state index is 2.52. The van der Waals surface area contributed by atoms with Crippen molar-refractivity contribution in [1.29, 1.82) is 0 Å². The molecular weight excluding hydrogens is 203 g/mol. The van der Waals surface area contributed by atoms with Crippen LogP contribution in [0.15, 0.2) is 0 Å². The Morgan fingerprint density at radius 3 is 1.71 bits per heavy atom. The molecule has 0 bridgehead atoms. The zero-order valence-corrected chi connectivity index (χ0v) is 13.7. The van der Waals surface area contributed by atoms with E-state index >= 15 is 0 Å². The second-order valence-electron chi connectivity index (χ2n) is 9.14. The van der Waals surface area contributed by atoms with E-state index < -0.39 is 0 Å². The van der Waals surface area contributed by atoms with Crippen molar-refractivity contribution in [2.24, 2.45) is 16.7 Å². The normalized spacial score (nSPS) is 33.8. The predicted molar refractivity (Wildman–Crippen MR) is 81.2 cm³/mol. The lowest BCUT2D eigenvalue weighted by atomic mass is 9.63. The molecule has 1 rings (SSSR count). The third-order valence-electron chi connectivity index (χ3n) is 5.65. The van der Waals surface area contributed by atoms with Gasteiger partial charge in [-0.05, 0) is 23.2 Å². The van der Waals surface area contributed by atoms with E-state index in [0.717, 1.165) is 5.92 Å². The Bertz CT molecular complexity index is 279. The fraction of sp³-hybridized carbons (Fsp3) is 1.00. The minimum absolute atomic E-state index is 0.442. The van der Waals surface area contributed by atoms with Crippen LogP contribution < -0.4 is 0 Å². The first-order valence-electron chi connectivity index (χ1n) is 7.36. The van der Waals surface area contributed by atoms with Crippen molar-refractivity contribution in [3.8, 4) is 0 Å². The predicted octanol–water partition coefficient (Wildman–Crippen LogP) is 5.30. The minimum atomic E-state index is 0.442. The lowest BCUT2D eigenvalue weighted by Gasteiger charge is -2.40. The molecule has 0 N–H and O–H groups in total. The summed E-state index contributed by atoms with van der Waals surface area (Å²) in [7, 11) is 1.43. The Labute approximate surface area is 110 Å². The molecule has 0 aromatic carbocycles. The average molecular weight is 236 g/mol. The van der Waals surface area contributed by atoms with Crippen molar-refractivity contribution >= 4 is 7.28 Å². The summed E-state index contributed by atoms with van der Waals surface area (Å²) in [6, 6.07) is 0. The molecule has 2 atom stereocenters. The van der Waals surface area contributed by atoms with Gasteiger partial charge in [0.1, 0.15) is 7.28 Å². The zero-order valence-electron chi connectivity index (χ0n) is 13.7. The van der Waals surface area contributed by atoms with Gasteiger partial charge in [0.15, 0.2) is 0 Å². The second kappa shape index (κ2) is 4.03. The van der Waals surface area contributed by atoms with E-state index in [-0.39, 0.29) is 0 Å². The number of rotatable bonds is 3. The van der Waals surface area contributed by atoms with E-state index in [0.29, 0.717) is 21.5 Å². The topological polar surface area (TPSA) is 0 Å². The fourth-order valence-corrected chi connectivity index (χ4v) is 3.80. The maximum absolute atomic E-state index is 2.52. The van der Waals surface area contributed by atoms with Crippen LogP contribution in [0.1, 0.15) is 75.2 Å². The molecule has 0 nitrogen and oxygen atoms in total. The van der Waals surface area contributed by atoms with Gasteiger partial charge in [0.05, 0.1) is 0 Å². The summed E-state index contributed by atoms with van der Waals surface area (Å²) in [4.78, 5) is 0. The second-order valence-corrected chi connectivity index (χ2v) is 9.14. The Morgan fingerprint density at radius 2 is 1.47 bits per heavy atom. The SMILES string of the molecule is CC(C)C1(C)BC1(CCC(C)(C)C)C(C)(C)C. The van der Waals surface area contributed by atoms with Gasteiger partial charge in [0.2, 0.25) is 0 Å². The number of hydrogen-bond acceptors (Lipinski definition) is 0. The smallest absolute Gasteiger partial charge is 0.0664 e. The summed E-state index contributed by atoms with van der Waals surface area (Å²) in [6.07, 6.45) is 2.75. The minimum Gasteiger partial charge on any atom is -0.0664 e. The van der Waals surface area contributed by atoms with Crippen molar-refractivity contribution in [2.45, 2.75) is 85.8 Å². The first-order chi connectivity index (χ1) is 7.36. The first kappa shape index (κ1) is 15.1. The van der Waals surface area contributed by atoms with Gasteiger partial charge < -0.3 is 0 Å². The van der Waals surface area contributed by atoms with Crippen molar-refractivity contribution in [1.82, 2.24) is 0 Å². The summed E-state index contributed by atoms with van der Waals surface area (Å²) >= 11 is 0. The van der Waals surface area contributed by atoms with Crippen LogP contribution in [0.25, 0.3) is 0 Å². The van der Waals surface area contributed by atoms with E-state index in [1.54, 1.807) is 0 Å². The van der Waals surface area contributed by atoms with E-state index in [1.165, 1.54) is 20.1 Å². The van der Waals surface area contributed by atoms with Crippen LogP contribution in [-0.4, -0.2) is 7.28 Å². The summed E-state index contributed by atoms with van der Waals surface area (Å²) in [6.45, 7) is 21.8. The Kier molecular flexibility index (Phi) is 3.59. The molecule has 1 heteroatoms. The molecule has 100 valence electrons. The van der Waals surface area contributed by atoms with Crippen LogP contribution in [0.2, 0.25) is 10.6 Å². The molecule has 0 radical (unpaired) electrons. The molecule has 2 unspecified atom stereocenters. The standard InChI is InChI=1S/C16H33B/c1-12(2)15(9)16(17-15,14(6,7)8)11-10-13(3,4)5/h12,17H,10-11H2,1-9H3. The van der Waals surface area contributed by atoms with Gasteiger partial charge in [-0.25, -0.2) is 0 Å². The van der Waals surface area contributed by atoms with Crippen molar-refractivity contribution < 1.29 is 0 Å². The summed E-state index contributed by atoms with van der Waals surface area (Å²) < 4.78 is 0. The third-order valence-corrected chi connectivity index (χ3v) is 5.65. The van der Waals surface area contributed by atoms with Crippen LogP contribution in [0.3, 0.4) is 0 Å². The molecule has 1 fully saturated rings. The highest BCUT2D eigenvalue weighted by atomic mass is 14.6. The molecule has 0 spiro atoms. The summed E-state index contributed by atoms with van der Waals surface area (Å²) in [5.74, 6) is 0.807. The Balaban J connectivity index is 2.87. The molecule has 1 saturated heterocycles. The largest absolute Gasteiger partial charge is 0.135 e. The van der Waals surface area contributed by atoms with E-state index in [2.05, 4.69) is 62.3 Å². The molecule has 1 heterocycles. The van der Waals surface area contributed by atoms with Gasteiger partial charge in [-0.1, -0.05) is 79.4 Å². The van der Waals surface area contributed by atoms with Crippen LogP contribution >= 0.6 is 0 Å². The van der Waals surface area contributed by atoms with Crippen molar-refractivity contribution in [3.05, 3.63) is 0 Å². The van der Waals surface area contributed by atoms with Gasteiger partial charge in [0, 0.05) is 0 Å². The summed E-state index contributed by atoms with van der Waals surface area (Å²) in [5.41, 5.74) is 0.913. The highest BCUT2D eigenvalue weighted by Gasteiger charge is 2.70. The average Bonchev–Trinajstić information content (AvgIpc) is 2.69. The Morgan fingerprint density at radius 1 is 1.00 bits per heavy atom. The van der Waals surface area contributed by atoms with Crippen LogP contribution in [-0.2, 0) is 0 Å². The zero-order chi connectivity index (χ0) is 13.7. The molecule has 0 aliphatic carbocycles. The van der Waals surface area contributed by atoms with Crippen LogP contribution in [0.5, 0.6) is 0 Å². The van der Waals surface area contributed by atoms with Crippen LogP contribution in [0.4, 0.5) is 0 Å². The maximum Gasteiger partial charge on any atom is 0.135 e. The molecular formula is C16H33B. The lowest BCUT2D eigenvalue weighted by molar-refractivity contribution is 0.198. The number of hydrogen-bond donors (Lipinski definition) is 0. The van der Waals surface area contributed by atoms with Gasteiger partial charge in [-0.3, -0.25) is 0 Å². The molecule has 1 aliphatic heterocycles. The van der Waals surface area contributed by atoms with Gasteiger partial charge in [-0.15, -0.1) is 0 Å². The molecule has 17 heavy (non-hydrogen) atoms. The molecule has 1 aliphatic rings. The van der Waals surface area contributed by atoms with E-state index in [4.69, 9.17) is 0 Å². The monoisotopic (exact) mass is 236 g/mol. The highest BCUT2D eigenvalue weighted by molar-refractivity contribution is 6.60. The van der Waals surface area contributed by atoms with Gasteiger partial charge >= 0.3 is 0 Å². The van der Waals surface area contributed by atoms with E-state index in [1.807, 2.05) is 0 Å². The lowest BCUT2D eigenvalue weighted by Crippen LogP contribution is -2.23. The first-order valence-corrected chi connectivity index (χ1v) is 7.36. The summed E-state index contributed by atoms with van der Waals surface area (Å²) in [5, 5.41) is 1.14. The molecule has 0 saturated carbocycles. The van der Waals surface area contributed by atoms with E-state index in [9.17, 15) is 0 Å². The molecule has 0 aromatic rings. The fourth-order valence-electron chi connectivity index (χ4n) is 3.80. The quantitative estimate of drug-likeness (QED) is 0.583. The van der Waals surface area contributed by atoms with Gasteiger partial charge in [-0.2, -0.15) is 0 Å². The van der Waals surface area contributed by atoms with Crippen molar-refractivity contribution in [3.63, 3.8) is 0 Å². The molecule has 0 amide bonds. The Hall–Kier alpha value is 0.0649. The molecule has 0 aromatic heterocycles. The van der Waals surface area contributed by atoms with Crippen molar-refractivity contribution in [2.75, 3.05) is 0 Å². The van der Waals surface area contributed by atoms with Gasteiger partial charge in [0.25, 0.3) is 0 Å². The highest BCUT2D eigenvalue weighted by Crippen LogP contribution is 2.81. The van der Waals surface area contributed by atoms with Crippen LogP contribution in [0, 0.1) is 16.7 Å². The third kappa shape index (κ3) is 2.58.